The Labute approximate surface area is 141 Å². The smallest absolute Gasteiger partial charge is 0.321 e. The Morgan fingerprint density at radius 2 is 2.17 bits per heavy atom. The van der Waals surface area contributed by atoms with E-state index in [4.69, 9.17) is 0 Å². The molecule has 0 radical (unpaired) electrons. The largest absolute Gasteiger partial charge is 0.322 e. The van der Waals surface area contributed by atoms with Crippen LogP contribution in [0.2, 0.25) is 0 Å². The lowest BCUT2D eigenvalue weighted by atomic mass is 9.92. The lowest BCUT2D eigenvalue weighted by molar-refractivity contribution is -0.123. The standard InChI is InChI=1S/C15H15N5O3S/c1-3-10-11(24-20-19-10)12(21)16-9-6-4-5-8(7-9)15(2)13(22)17-14(23)18-15/h4-7H,3H2,1-2H3,(H,16,21)(H2,17,18,22,23). The van der Waals surface area contributed by atoms with Crippen molar-refractivity contribution in [2.24, 2.45) is 0 Å². The molecule has 9 heteroatoms. The average Bonchev–Trinajstić information content (AvgIpc) is 3.12. The predicted octanol–water partition coefficient (Wildman–Crippen LogP) is 1.41. The van der Waals surface area contributed by atoms with Gasteiger partial charge in [0.2, 0.25) is 0 Å². The summed E-state index contributed by atoms with van der Waals surface area (Å²) in [7, 11) is 0. The molecule has 4 amide bonds. The van der Waals surface area contributed by atoms with Crippen LogP contribution in [0.4, 0.5) is 10.5 Å². The number of hydrogen-bond donors (Lipinski definition) is 3. The molecule has 1 unspecified atom stereocenters. The number of benzene rings is 1. The molecule has 124 valence electrons. The molecule has 3 N–H and O–H groups in total. The Morgan fingerprint density at radius 3 is 2.83 bits per heavy atom. The van der Waals surface area contributed by atoms with E-state index in [9.17, 15) is 14.4 Å². The summed E-state index contributed by atoms with van der Waals surface area (Å²) < 4.78 is 3.80. The van der Waals surface area contributed by atoms with Crippen LogP contribution < -0.4 is 16.0 Å². The van der Waals surface area contributed by atoms with Crippen LogP contribution in [0.25, 0.3) is 0 Å². The number of amides is 4. The maximum atomic E-state index is 12.4. The maximum absolute atomic E-state index is 12.4. The second-order valence-electron chi connectivity index (χ2n) is 5.47. The minimum absolute atomic E-state index is 0.302. The number of urea groups is 1. The number of aromatic nitrogens is 2. The van der Waals surface area contributed by atoms with Crippen LogP contribution in [0, 0.1) is 0 Å². The number of anilines is 1. The Balaban J connectivity index is 1.85. The van der Waals surface area contributed by atoms with Crippen molar-refractivity contribution in [3.63, 3.8) is 0 Å². The summed E-state index contributed by atoms with van der Waals surface area (Å²) in [4.78, 5) is 36.2. The molecule has 1 saturated heterocycles. The first-order valence-corrected chi connectivity index (χ1v) is 8.08. The molecule has 1 aliphatic rings. The third-order valence-corrected chi connectivity index (χ3v) is 4.61. The molecule has 1 aromatic carbocycles. The minimum Gasteiger partial charge on any atom is -0.321 e. The van der Waals surface area contributed by atoms with E-state index in [2.05, 4.69) is 25.5 Å². The molecule has 1 aliphatic heterocycles. The van der Waals surface area contributed by atoms with Crippen molar-refractivity contribution < 1.29 is 14.4 Å². The van der Waals surface area contributed by atoms with E-state index in [-0.39, 0.29) is 5.91 Å². The molecular formula is C15H15N5O3S. The first kappa shape index (κ1) is 16.1. The summed E-state index contributed by atoms with van der Waals surface area (Å²) in [6, 6.07) is 6.25. The highest BCUT2D eigenvalue weighted by molar-refractivity contribution is 7.08. The highest BCUT2D eigenvalue weighted by atomic mass is 32.1. The van der Waals surface area contributed by atoms with E-state index in [0.717, 1.165) is 11.5 Å². The molecule has 1 fully saturated rings. The molecule has 1 aromatic heterocycles. The van der Waals surface area contributed by atoms with Crippen LogP contribution in [0.3, 0.4) is 0 Å². The summed E-state index contributed by atoms with van der Waals surface area (Å²) >= 11 is 1.04. The Morgan fingerprint density at radius 1 is 1.38 bits per heavy atom. The van der Waals surface area contributed by atoms with Gasteiger partial charge in [-0.15, -0.1) is 5.10 Å². The van der Waals surface area contributed by atoms with Gasteiger partial charge < -0.3 is 10.6 Å². The number of aryl methyl sites for hydroxylation is 1. The van der Waals surface area contributed by atoms with E-state index in [1.807, 2.05) is 6.92 Å². The molecule has 0 bridgehead atoms. The second kappa shape index (κ2) is 6.00. The van der Waals surface area contributed by atoms with Gasteiger partial charge in [0.05, 0.1) is 5.69 Å². The molecule has 8 nitrogen and oxygen atoms in total. The molecule has 2 aromatic rings. The summed E-state index contributed by atoms with van der Waals surface area (Å²) in [5, 5.41) is 11.5. The maximum Gasteiger partial charge on any atom is 0.322 e. The van der Waals surface area contributed by atoms with Crippen LogP contribution in [0.1, 0.15) is 34.8 Å². The molecule has 0 spiro atoms. The van der Waals surface area contributed by atoms with Gasteiger partial charge in [-0.05, 0) is 42.6 Å². The zero-order chi connectivity index (χ0) is 17.3. The summed E-state index contributed by atoms with van der Waals surface area (Å²) in [6.07, 6.45) is 0.615. The fourth-order valence-electron chi connectivity index (χ4n) is 2.45. The number of nitrogens with one attached hydrogen (secondary N) is 3. The quantitative estimate of drug-likeness (QED) is 0.725. The second-order valence-corrected chi connectivity index (χ2v) is 6.22. The highest BCUT2D eigenvalue weighted by Gasteiger charge is 2.43. The molecule has 1 atom stereocenters. The molecule has 2 heterocycles. The fraction of sp³-hybridized carbons (Fsp3) is 0.267. The summed E-state index contributed by atoms with van der Waals surface area (Å²) in [6.45, 7) is 3.51. The number of hydrogen-bond acceptors (Lipinski definition) is 6. The van der Waals surface area contributed by atoms with Gasteiger partial charge in [0.1, 0.15) is 10.4 Å². The van der Waals surface area contributed by atoms with E-state index < -0.39 is 17.5 Å². The number of nitrogens with zero attached hydrogens (tertiary/aromatic N) is 2. The topological polar surface area (TPSA) is 113 Å². The number of imide groups is 1. The van der Waals surface area contributed by atoms with Gasteiger partial charge in [-0.1, -0.05) is 23.5 Å². The van der Waals surface area contributed by atoms with E-state index in [1.54, 1.807) is 31.2 Å². The zero-order valence-electron chi connectivity index (χ0n) is 13.0. The van der Waals surface area contributed by atoms with Gasteiger partial charge >= 0.3 is 6.03 Å². The van der Waals surface area contributed by atoms with Crippen LogP contribution >= 0.6 is 11.5 Å². The van der Waals surface area contributed by atoms with Crippen molar-refractivity contribution in [3.8, 4) is 0 Å². The van der Waals surface area contributed by atoms with Crippen LogP contribution in [0.15, 0.2) is 24.3 Å². The monoisotopic (exact) mass is 345 g/mol. The van der Waals surface area contributed by atoms with Gasteiger partial charge in [0, 0.05) is 5.69 Å². The molecule has 24 heavy (non-hydrogen) atoms. The van der Waals surface area contributed by atoms with E-state index >= 15 is 0 Å². The molecule has 3 rings (SSSR count). The van der Waals surface area contributed by atoms with Gasteiger partial charge in [-0.25, -0.2) is 4.79 Å². The van der Waals surface area contributed by atoms with Crippen molar-refractivity contribution in [1.82, 2.24) is 20.2 Å². The lowest BCUT2D eigenvalue weighted by Crippen LogP contribution is -2.40. The number of carbonyl (C=O) groups excluding carboxylic acids is 3. The first-order chi connectivity index (χ1) is 11.4. The van der Waals surface area contributed by atoms with Crippen molar-refractivity contribution in [2.75, 3.05) is 5.32 Å². The predicted molar refractivity (Wildman–Crippen MR) is 87.7 cm³/mol. The Kier molecular flexibility index (Phi) is 4.02. The van der Waals surface area contributed by atoms with Crippen molar-refractivity contribution in [2.45, 2.75) is 25.8 Å². The van der Waals surface area contributed by atoms with Gasteiger partial charge in [-0.2, -0.15) is 0 Å². The minimum atomic E-state index is -1.17. The van der Waals surface area contributed by atoms with Crippen LogP contribution in [-0.2, 0) is 16.8 Å². The third kappa shape index (κ3) is 2.73. The van der Waals surface area contributed by atoms with E-state index in [0.29, 0.717) is 28.2 Å². The Hall–Kier alpha value is -2.81. The average molecular weight is 345 g/mol. The number of carbonyl (C=O) groups is 3. The van der Waals surface area contributed by atoms with E-state index in [1.165, 1.54) is 0 Å². The first-order valence-electron chi connectivity index (χ1n) is 7.30. The van der Waals surface area contributed by atoms with Gasteiger partial charge in [-0.3, -0.25) is 14.9 Å². The van der Waals surface area contributed by atoms with Crippen molar-refractivity contribution in [3.05, 3.63) is 40.4 Å². The fourth-order valence-corrected chi connectivity index (χ4v) is 3.10. The number of rotatable bonds is 4. The summed E-state index contributed by atoms with van der Waals surface area (Å²) in [5.74, 6) is -0.736. The third-order valence-electron chi connectivity index (χ3n) is 3.84. The van der Waals surface area contributed by atoms with Crippen LogP contribution in [0.5, 0.6) is 0 Å². The van der Waals surface area contributed by atoms with Gasteiger partial charge in [0.15, 0.2) is 0 Å². The molecule has 0 aliphatic carbocycles. The normalized spacial score (nSPS) is 19.8. The van der Waals surface area contributed by atoms with Crippen molar-refractivity contribution in [1.29, 1.82) is 0 Å². The SMILES string of the molecule is CCc1nnsc1C(=O)Nc1cccc(C2(C)NC(=O)NC2=O)c1. The van der Waals surface area contributed by atoms with Crippen LogP contribution in [-0.4, -0.2) is 27.4 Å². The zero-order valence-corrected chi connectivity index (χ0v) is 13.9. The molecular weight excluding hydrogens is 330 g/mol. The highest BCUT2D eigenvalue weighted by Crippen LogP contribution is 2.27. The summed E-state index contributed by atoms with van der Waals surface area (Å²) in [5.41, 5.74) is 0.561. The van der Waals surface area contributed by atoms with Crippen molar-refractivity contribution >= 4 is 35.1 Å². The lowest BCUT2D eigenvalue weighted by Gasteiger charge is -2.21. The Bertz CT molecular complexity index is 834. The molecule has 0 saturated carbocycles. The van der Waals surface area contributed by atoms with Gasteiger partial charge in [0.25, 0.3) is 11.8 Å².